The van der Waals surface area contributed by atoms with Gasteiger partial charge >= 0.3 is 0 Å². The fourth-order valence-corrected chi connectivity index (χ4v) is 3.06. The number of nitrogens with one attached hydrogen (secondary N) is 2. The molecule has 166 valence electrons. The molecule has 0 saturated heterocycles. The molecule has 0 radical (unpaired) electrons. The first kappa shape index (κ1) is 22.9. The molecule has 0 aliphatic rings. The second-order valence-corrected chi connectivity index (χ2v) is 7.32. The molecule has 0 heterocycles. The fourth-order valence-electron chi connectivity index (χ4n) is 3.06. The smallest absolute Gasteiger partial charge is 0.255 e. The summed E-state index contributed by atoms with van der Waals surface area (Å²) in [7, 11) is 1.53. The van der Waals surface area contributed by atoms with Crippen LogP contribution in [0.25, 0.3) is 0 Å². The summed E-state index contributed by atoms with van der Waals surface area (Å²) < 4.78 is 11.1. The van der Waals surface area contributed by atoms with Crippen molar-refractivity contribution in [1.82, 2.24) is 0 Å². The highest BCUT2D eigenvalue weighted by Crippen LogP contribution is 2.28. The topological polar surface area (TPSA) is 76.7 Å². The standard InChI is InChI=1S/C26H28N2O4/c1-3-4-10-25(29)28-23-16-15-21(17-24(23)31-2)27-26(30)20-13-11-19(12-14-20)18-32-22-8-6-5-7-9-22/h5-9,11-17H,3-4,10,18H2,1-2H3,(H,27,30)(H,28,29). The number of anilines is 2. The summed E-state index contributed by atoms with van der Waals surface area (Å²) in [6, 6.07) is 22.0. The fraction of sp³-hybridized carbons (Fsp3) is 0.231. The molecule has 2 N–H and O–H groups in total. The van der Waals surface area contributed by atoms with Crippen LogP contribution in [0.2, 0.25) is 0 Å². The summed E-state index contributed by atoms with van der Waals surface area (Å²) in [6.45, 7) is 2.46. The predicted molar refractivity (Wildman–Crippen MR) is 126 cm³/mol. The van der Waals surface area contributed by atoms with Crippen LogP contribution in [0.5, 0.6) is 11.5 Å². The predicted octanol–water partition coefficient (Wildman–Crippen LogP) is 5.66. The van der Waals surface area contributed by atoms with Crippen LogP contribution in [-0.4, -0.2) is 18.9 Å². The maximum absolute atomic E-state index is 12.6. The van der Waals surface area contributed by atoms with Crippen LogP contribution in [-0.2, 0) is 11.4 Å². The number of carbonyl (C=O) groups is 2. The summed E-state index contributed by atoms with van der Waals surface area (Å²) in [5.74, 6) is 0.995. The van der Waals surface area contributed by atoms with Crippen molar-refractivity contribution in [2.24, 2.45) is 0 Å². The Kier molecular flexibility index (Phi) is 8.26. The van der Waals surface area contributed by atoms with Crippen molar-refractivity contribution in [3.63, 3.8) is 0 Å². The monoisotopic (exact) mass is 432 g/mol. The zero-order valence-electron chi connectivity index (χ0n) is 18.4. The van der Waals surface area contributed by atoms with E-state index >= 15 is 0 Å². The second kappa shape index (κ2) is 11.6. The second-order valence-electron chi connectivity index (χ2n) is 7.32. The van der Waals surface area contributed by atoms with Crippen molar-refractivity contribution < 1.29 is 19.1 Å². The van der Waals surface area contributed by atoms with Crippen molar-refractivity contribution >= 4 is 23.2 Å². The van der Waals surface area contributed by atoms with E-state index in [1.54, 1.807) is 30.3 Å². The van der Waals surface area contributed by atoms with Gasteiger partial charge in [-0.15, -0.1) is 0 Å². The largest absolute Gasteiger partial charge is 0.494 e. The van der Waals surface area contributed by atoms with Gasteiger partial charge in [-0.1, -0.05) is 43.7 Å². The van der Waals surface area contributed by atoms with E-state index in [4.69, 9.17) is 9.47 Å². The molecule has 0 aliphatic heterocycles. The molecule has 0 aliphatic carbocycles. The maximum Gasteiger partial charge on any atom is 0.255 e. The first-order chi connectivity index (χ1) is 15.6. The highest BCUT2D eigenvalue weighted by Gasteiger charge is 2.11. The molecular formula is C26H28N2O4. The Morgan fingerprint density at radius 2 is 1.66 bits per heavy atom. The van der Waals surface area contributed by atoms with Gasteiger partial charge in [-0.3, -0.25) is 9.59 Å². The minimum atomic E-state index is -0.234. The molecule has 6 nitrogen and oxygen atoms in total. The summed E-state index contributed by atoms with van der Waals surface area (Å²) >= 11 is 0. The van der Waals surface area contributed by atoms with Gasteiger partial charge < -0.3 is 20.1 Å². The van der Waals surface area contributed by atoms with Gasteiger partial charge in [0.05, 0.1) is 12.8 Å². The normalized spacial score (nSPS) is 10.3. The Morgan fingerprint density at radius 3 is 2.34 bits per heavy atom. The lowest BCUT2D eigenvalue weighted by Gasteiger charge is -2.13. The van der Waals surface area contributed by atoms with Crippen molar-refractivity contribution in [3.8, 4) is 11.5 Å². The van der Waals surface area contributed by atoms with Crippen molar-refractivity contribution in [2.75, 3.05) is 17.7 Å². The average Bonchev–Trinajstić information content (AvgIpc) is 2.83. The van der Waals surface area contributed by atoms with Crippen LogP contribution in [0.15, 0.2) is 72.8 Å². The summed E-state index contributed by atoms with van der Waals surface area (Å²) in [5.41, 5.74) is 2.66. The van der Waals surface area contributed by atoms with E-state index in [0.717, 1.165) is 24.2 Å². The zero-order chi connectivity index (χ0) is 22.8. The van der Waals surface area contributed by atoms with Gasteiger partial charge in [0, 0.05) is 23.7 Å². The molecule has 0 saturated carbocycles. The molecule has 3 aromatic carbocycles. The Labute approximate surface area is 188 Å². The van der Waals surface area contributed by atoms with E-state index in [9.17, 15) is 9.59 Å². The first-order valence-electron chi connectivity index (χ1n) is 10.6. The number of carbonyl (C=O) groups excluding carboxylic acids is 2. The summed E-state index contributed by atoms with van der Waals surface area (Å²) in [5, 5.41) is 5.71. The molecule has 32 heavy (non-hydrogen) atoms. The van der Waals surface area contributed by atoms with E-state index in [1.165, 1.54) is 7.11 Å². The van der Waals surface area contributed by atoms with E-state index in [0.29, 0.717) is 35.7 Å². The molecule has 3 rings (SSSR count). The van der Waals surface area contributed by atoms with Crippen molar-refractivity contribution in [2.45, 2.75) is 32.8 Å². The molecule has 6 heteroatoms. The Morgan fingerprint density at radius 1 is 0.906 bits per heavy atom. The lowest BCUT2D eigenvalue weighted by molar-refractivity contribution is -0.116. The van der Waals surface area contributed by atoms with Gasteiger partial charge in [0.15, 0.2) is 0 Å². The molecule has 2 amide bonds. The summed E-state index contributed by atoms with van der Waals surface area (Å²) in [6.07, 6.45) is 2.25. The lowest BCUT2D eigenvalue weighted by atomic mass is 10.1. The van der Waals surface area contributed by atoms with Crippen LogP contribution in [0.4, 0.5) is 11.4 Å². The first-order valence-corrected chi connectivity index (χ1v) is 10.6. The maximum atomic E-state index is 12.6. The van der Waals surface area contributed by atoms with Crippen LogP contribution in [0, 0.1) is 0 Å². The molecule has 3 aromatic rings. The van der Waals surface area contributed by atoms with Gasteiger partial charge in [-0.05, 0) is 48.4 Å². The van der Waals surface area contributed by atoms with E-state index in [1.807, 2.05) is 49.4 Å². The lowest BCUT2D eigenvalue weighted by Crippen LogP contribution is -2.14. The molecule has 0 fully saturated rings. The van der Waals surface area contributed by atoms with Crippen molar-refractivity contribution in [3.05, 3.63) is 83.9 Å². The molecule has 0 atom stereocenters. The van der Waals surface area contributed by atoms with Gasteiger partial charge in [0.1, 0.15) is 18.1 Å². The number of hydrogen-bond acceptors (Lipinski definition) is 4. The number of rotatable bonds is 10. The number of unbranched alkanes of at least 4 members (excludes halogenated alkanes) is 1. The zero-order valence-corrected chi connectivity index (χ0v) is 18.4. The molecular weight excluding hydrogens is 404 g/mol. The highest BCUT2D eigenvalue weighted by atomic mass is 16.5. The third-order valence-corrected chi connectivity index (χ3v) is 4.86. The van der Waals surface area contributed by atoms with Crippen LogP contribution in [0.3, 0.4) is 0 Å². The Bertz CT molecular complexity index is 1030. The van der Waals surface area contributed by atoms with Crippen LogP contribution >= 0.6 is 0 Å². The van der Waals surface area contributed by atoms with Crippen LogP contribution in [0.1, 0.15) is 42.1 Å². The number of hydrogen-bond donors (Lipinski definition) is 2. The van der Waals surface area contributed by atoms with E-state index < -0.39 is 0 Å². The Hall–Kier alpha value is -3.80. The number of ether oxygens (including phenoxy) is 2. The number of amides is 2. The molecule has 0 spiro atoms. The van der Waals surface area contributed by atoms with Gasteiger partial charge in [-0.2, -0.15) is 0 Å². The Balaban J connectivity index is 1.59. The minimum absolute atomic E-state index is 0.0572. The SMILES string of the molecule is CCCCC(=O)Nc1ccc(NC(=O)c2ccc(COc3ccccc3)cc2)cc1OC. The van der Waals surface area contributed by atoms with E-state index in [-0.39, 0.29) is 11.8 Å². The average molecular weight is 433 g/mol. The third-order valence-electron chi connectivity index (χ3n) is 4.86. The summed E-state index contributed by atoms with van der Waals surface area (Å²) in [4.78, 5) is 24.6. The third kappa shape index (κ3) is 6.60. The molecule has 0 unspecified atom stereocenters. The highest BCUT2D eigenvalue weighted by molar-refractivity contribution is 6.04. The van der Waals surface area contributed by atoms with Crippen LogP contribution < -0.4 is 20.1 Å². The van der Waals surface area contributed by atoms with E-state index in [2.05, 4.69) is 10.6 Å². The number of para-hydroxylation sites is 1. The quantitative estimate of drug-likeness (QED) is 0.434. The molecule has 0 aromatic heterocycles. The van der Waals surface area contributed by atoms with Gasteiger partial charge in [0.25, 0.3) is 5.91 Å². The molecule has 0 bridgehead atoms. The van der Waals surface area contributed by atoms with Crippen molar-refractivity contribution in [1.29, 1.82) is 0 Å². The van der Waals surface area contributed by atoms with Gasteiger partial charge in [0.2, 0.25) is 5.91 Å². The number of benzene rings is 3. The minimum Gasteiger partial charge on any atom is -0.494 e. The number of methoxy groups -OCH3 is 1. The van der Waals surface area contributed by atoms with Gasteiger partial charge in [-0.25, -0.2) is 0 Å².